The SMILES string of the molecule is O=C(N[C@H]1c2ccccc2[C@@H]2CNC[C@@H]21)[C@@H]1CSCN1. The van der Waals surface area contributed by atoms with Crippen LogP contribution in [0.4, 0.5) is 0 Å². The van der Waals surface area contributed by atoms with Gasteiger partial charge in [-0.25, -0.2) is 0 Å². The van der Waals surface area contributed by atoms with Gasteiger partial charge in [-0.05, 0) is 11.1 Å². The Morgan fingerprint density at radius 2 is 2.10 bits per heavy atom. The first-order valence-electron chi connectivity index (χ1n) is 7.25. The molecule has 0 aromatic heterocycles. The van der Waals surface area contributed by atoms with Gasteiger partial charge in [0.15, 0.2) is 0 Å². The number of fused-ring (bicyclic) bond motifs is 3. The molecule has 2 heterocycles. The molecule has 2 fully saturated rings. The lowest BCUT2D eigenvalue weighted by Gasteiger charge is -2.22. The van der Waals surface area contributed by atoms with Gasteiger partial charge in [0, 0.05) is 36.6 Å². The van der Waals surface area contributed by atoms with Crippen molar-refractivity contribution < 1.29 is 4.79 Å². The summed E-state index contributed by atoms with van der Waals surface area (Å²) in [6.45, 7) is 2.03. The standard InChI is InChI=1S/C15H19N3OS/c19-15(13-7-20-8-17-13)18-14-10-4-2-1-3-9(10)11-5-16-6-12(11)14/h1-4,11-14,16-17H,5-8H2,(H,18,19)/t11-,12-,13-,14-/m0/s1. The first-order chi connectivity index (χ1) is 9.84. The van der Waals surface area contributed by atoms with E-state index in [9.17, 15) is 4.79 Å². The number of benzene rings is 1. The highest BCUT2D eigenvalue weighted by Gasteiger charge is 2.44. The van der Waals surface area contributed by atoms with E-state index in [0.717, 1.165) is 24.7 Å². The van der Waals surface area contributed by atoms with Crippen molar-refractivity contribution in [3.05, 3.63) is 35.4 Å². The van der Waals surface area contributed by atoms with Crippen molar-refractivity contribution >= 4 is 17.7 Å². The second kappa shape index (κ2) is 5.06. The van der Waals surface area contributed by atoms with E-state index in [1.165, 1.54) is 11.1 Å². The minimum Gasteiger partial charge on any atom is -0.348 e. The molecule has 4 rings (SSSR count). The van der Waals surface area contributed by atoms with E-state index in [0.29, 0.717) is 11.8 Å². The highest BCUT2D eigenvalue weighted by Crippen LogP contribution is 2.46. The molecule has 2 aliphatic heterocycles. The first-order valence-corrected chi connectivity index (χ1v) is 8.41. The van der Waals surface area contributed by atoms with Gasteiger partial charge in [-0.15, -0.1) is 11.8 Å². The van der Waals surface area contributed by atoms with Crippen LogP contribution in [0.5, 0.6) is 0 Å². The lowest BCUT2D eigenvalue weighted by molar-refractivity contribution is -0.123. The average molecular weight is 289 g/mol. The molecule has 2 saturated heterocycles. The smallest absolute Gasteiger partial charge is 0.238 e. The lowest BCUT2D eigenvalue weighted by Crippen LogP contribution is -2.44. The largest absolute Gasteiger partial charge is 0.348 e. The summed E-state index contributed by atoms with van der Waals surface area (Å²) < 4.78 is 0. The van der Waals surface area contributed by atoms with Gasteiger partial charge in [0.05, 0.1) is 12.1 Å². The lowest BCUT2D eigenvalue weighted by atomic mass is 9.94. The van der Waals surface area contributed by atoms with Gasteiger partial charge >= 0.3 is 0 Å². The predicted octanol–water partition coefficient (Wildman–Crippen LogP) is 0.823. The molecule has 0 spiro atoms. The van der Waals surface area contributed by atoms with Crippen molar-refractivity contribution in [2.45, 2.75) is 18.0 Å². The number of carbonyl (C=O) groups excluding carboxylic acids is 1. The number of hydrogen-bond acceptors (Lipinski definition) is 4. The van der Waals surface area contributed by atoms with Crippen LogP contribution in [0.1, 0.15) is 23.1 Å². The Balaban J connectivity index is 1.59. The van der Waals surface area contributed by atoms with Crippen molar-refractivity contribution in [1.29, 1.82) is 0 Å². The van der Waals surface area contributed by atoms with Crippen LogP contribution in [0.3, 0.4) is 0 Å². The molecular weight excluding hydrogens is 270 g/mol. The van der Waals surface area contributed by atoms with Gasteiger partial charge in [0.1, 0.15) is 0 Å². The summed E-state index contributed by atoms with van der Waals surface area (Å²) in [7, 11) is 0. The second-order valence-corrected chi connectivity index (χ2v) is 6.85. The zero-order chi connectivity index (χ0) is 13.5. The summed E-state index contributed by atoms with van der Waals surface area (Å²) in [4.78, 5) is 12.4. The van der Waals surface area contributed by atoms with E-state index < -0.39 is 0 Å². The summed E-state index contributed by atoms with van der Waals surface area (Å²) in [5.74, 6) is 2.98. The van der Waals surface area contributed by atoms with Crippen LogP contribution in [-0.4, -0.2) is 36.7 Å². The predicted molar refractivity (Wildman–Crippen MR) is 80.7 cm³/mol. The van der Waals surface area contributed by atoms with Crippen LogP contribution < -0.4 is 16.0 Å². The zero-order valence-electron chi connectivity index (χ0n) is 11.3. The normalized spacial score (nSPS) is 34.8. The molecule has 5 heteroatoms. The zero-order valence-corrected chi connectivity index (χ0v) is 12.1. The Hall–Kier alpha value is -1.04. The molecule has 0 radical (unpaired) electrons. The quantitative estimate of drug-likeness (QED) is 0.755. The Morgan fingerprint density at radius 1 is 1.25 bits per heavy atom. The highest BCUT2D eigenvalue weighted by atomic mass is 32.2. The van der Waals surface area contributed by atoms with E-state index in [1.807, 2.05) is 0 Å². The molecule has 106 valence electrons. The fraction of sp³-hybridized carbons (Fsp3) is 0.533. The van der Waals surface area contributed by atoms with E-state index in [1.54, 1.807) is 11.8 Å². The first kappa shape index (κ1) is 12.7. The van der Waals surface area contributed by atoms with Crippen LogP contribution in [0.25, 0.3) is 0 Å². The number of carbonyl (C=O) groups is 1. The van der Waals surface area contributed by atoms with Crippen molar-refractivity contribution in [3.63, 3.8) is 0 Å². The summed E-state index contributed by atoms with van der Waals surface area (Å²) in [6.07, 6.45) is 0. The van der Waals surface area contributed by atoms with E-state index >= 15 is 0 Å². The van der Waals surface area contributed by atoms with E-state index in [-0.39, 0.29) is 18.0 Å². The van der Waals surface area contributed by atoms with Gasteiger partial charge in [-0.1, -0.05) is 24.3 Å². The Morgan fingerprint density at radius 3 is 2.90 bits per heavy atom. The molecule has 0 saturated carbocycles. The Labute approximate surface area is 123 Å². The van der Waals surface area contributed by atoms with Gasteiger partial charge in [-0.2, -0.15) is 0 Å². The summed E-state index contributed by atoms with van der Waals surface area (Å²) in [5.41, 5.74) is 2.74. The molecule has 4 nitrogen and oxygen atoms in total. The monoisotopic (exact) mass is 289 g/mol. The van der Waals surface area contributed by atoms with E-state index in [4.69, 9.17) is 0 Å². The molecule has 1 amide bonds. The van der Waals surface area contributed by atoms with Crippen LogP contribution in [0.2, 0.25) is 0 Å². The van der Waals surface area contributed by atoms with Crippen LogP contribution >= 0.6 is 11.8 Å². The molecule has 20 heavy (non-hydrogen) atoms. The minimum absolute atomic E-state index is 0.0272. The molecule has 0 bridgehead atoms. The molecule has 3 N–H and O–H groups in total. The van der Waals surface area contributed by atoms with Crippen LogP contribution in [0, 0.1) is 5.92 Å². The molecule has 1 aromatic carbocycles. The van der Waals surface area contributed by atoms with Gasteiger partial charge < -0.3 is 10.6 Å². The maximum atomic E-state index is 12.4. The fourth-order valence-electron chi connectivity index (χ4n) is 3.75. The Bertz CT molecular complexity index is 530. The van der Waals surface area contributed by atoms with Crippen molar-refractivity contribution in [3.8, 4) is 0 Å². The van der Waals surface area contributed by atoms with Crippen molar-refractivity contribution in [1.82, 2.24) is 16.0 Å². The number of hydrogen-bond donors (Lipinski definition) is 3. The summed E-state index contributed by atoms with van der Waals surface area (Å²) >= 11 is 1.79. The van der Waals surface area contributed by atoms with Crippen LogP contribution in [-0.2, 0) is 4.79 Å². The second-order valence-electron chi connectivity index (χ2n) is 5.82. The highest BCUT2D eigenvalue weighted by molar-refractivity contribution is 7.99. The van der Waals surface area contributed by atoms with Crippen molar-refractivity contribution in [2.24, 2.45) is 5.92 Å². The number of amides is 1. The maximum absolute atomic E-state index is 12.4. The average Bonchev–Trinajstić information content (AvgIpc) is 3.17. The molecule has 4 atom stereocenters. The summed E-state index contributed by atoms with van der Waals surface area (Å²) in [6, 6.07) is 8.72. The fourth-order valence-corrected chi connectivity index (χ4v) is 4.70. The molecule has 1 aliphatic carbocycles. The van der Waals surface area contributed by atoms with E-state index in [2.05, 4.69) is 40.2 Å². The molecule has 3 aliphatic rings. The van der Waals surface area contributed by atoms with Crippen LogP contribution in [0.15, 0.2) is 24.3 Å². The summed E-state index contributed by atoms with van der Waals surface area (Å²) in [5, 5.41) is 10.0. The topological polar surface area (TPSA) is 53.2 Å². The third kappa shape index (κ3) is 1.96. The third-order valence-electron chi connectivity index (χ3n) is 4.75. The minimum atomic E-state index is -0.0272. The Kier molecular flexibility index (Phi) is 3.21. The van der Waals surface area contributed by atoms with Crippen molar-refractivity contribution in [2.75, 3.05) is 24.7 Å². The number of rotatable bonds is 2. The molecule has 0 unspecified atom stereocenters. The molecule has 1 aromatic rings. The maximum Gasteiger partial charge on any atom is 0.238 e. The van der Waals surface area contributed by atoms with Gasteiger partial charge in [0.25, 0.3) is 0 Å². The van der Waals surface area contributed by atoms with Gasteiger partial charge in [-0.3, -0.25) is 10.1 Å². The van der Waals surface area contributed by atoms with Gasteiger partial charge in [0.2, 0.25) is 5.91 Å². The third-order valence-corrected chi connectivity index (χ3v) is 5.69. The number of thioether (sulfide) groups is 1. The number of nitrogens with one attached hydrogen (secondary N) is 3. The molecular formula is C15H19N3OS.